The Hall–Kier alpha value is 0.366. The van der Waals surface area contributed by atoms with Crippen LogP contribution in [-0.4, -0.2) is 74.0 Å². The second-order valence-corrected chi connectivity index (χ2v) is 4.12. The standard InChI is InChI=1S/C8H11NO4S.K.H/c1-12-7-4-3-6(14(9,10)11)5-8(7)13-2;;/h3-5H,1-2H3,(H2,9,10,11);;. The summed E-state index contributed by atoms with van der Waals surface area (Å²) in [7, 11) is -0.808. The summed E-state index contributed by atoms with van der Waals surface area (Å²) in [6.07, 6.45) is 0. The van der Waals surface area contributed by atoms with Gasteiger partial charge in [-0.1, -0.05) is 0 Å². The second-order valence-electron chi connectivity index (χ2n) is 2.56. The fourth-order valence-electron chi connectivity index (χ4n) is 0.994. The zero-order valence-corrected chi connectivity index (χ0v) is 8.67. The Balaban J connectivity index is 0.00000196. The number of ether oxygens (including phenoxy) is 2. The van der Waals surface area contributed by atoms with Gasteiger partial charge in [0, 0.05) is 6.07 Å². The fourth-order valence-corrected chi connectivity index (χ4v) is 1.52. The van der Waals surface area contributed by atoms with Gasteiger partial charge in [-0.25, -0.2) is 13.6 Å². The first-order valence-corrected chi connectivity index (χ1v) is 5.28. The van der Waals surface area contributed by atoms with Crippen molar-refractivity contribution in [2.45, 2.75) is 4.90 Å². The third-order valence-corrected chi connectivity index (χ3v) is 2.59. The van der Waals surface area contributed by atoms with E-state index in [0.717, 1.165) is 0 Å². The van der Waals surface area contributed by atoms with Crippen LogP contribution in [0.15, 0.2) is 23.1 Å². The zero-order chi connectivity index (χ0) is 10.8. The van der Waals surface area contributed by atoms with Crippen LogP contribution in [-0.2, 0) is 10.0 Å². The molecular weight excluding hydrogens is 245 g/mol. The van der Waals surface area contributed by atoms with E-state index < -0.39 is 10.0 Å². The first-order chi connectivity index (χ1) is 6.49. The van der Waals surface area contributed by atoms with Gasteiger partial charge in [-0.15, -0.1) is 0 Å². The van der Waals surface area contributed by atoms with Gasteiger partial charge < -0.3 is 9.47 Å². The zero-order valence-electron chi connectivity index (χ0n) is 7.85. The van der Waals surface area contributed by atoms with Crippen LogP contribution < -0.4 is 14.6 Å². The molecule has 1 aromatic rings. The molecule has 0 bridgehead atoms. The molecule has 0 saturated carbocycles. The van der Waals surface area contributed by atoms with E-state index in [1.165, 1.54) is 32.4 Å². The monoisotopic (exact) mass is 257 g/mol. The number of sulfonamides is 1. The Labute approximate surface area is 131 Å². The molecule has 0 atom stereocenters. The molecule has 2 N–H and O–H groups in total. The fraction of sp³-hybridized carbons (Fsp3) is 0.250. The van der Waals surface area contributed by atoms with Crippen molar-refractivity contribution in [1.82, 2.24) is 0 Å². The number of rotatable bonds is 3. The molecule has 0 unspecified atom stereocenters. The molecule has 0 aliphatic carbocycles. The Morgan fingerprint density at radius 1 is 1.13 bits per heavy atom. The van der Waals surface area contributed by atoms with Crippen LogP contribution in [0, 0.1) is 0 Å². The summed E-state index contributed by atoms with van der Waals surface area (Å²) in [6, 6.07) is 4.16. The van der Waals surface area contributed by atoms with E-state index in [-0.39, 0.29) is 56.3 Å². The molecule has 80 valence electrons. The third-order valence-electron chi connectivity index (χ3n) is 1.68. The summed E-state index contributed by atoms with van der Waals surface area (Å²) in [5.41, 5.74) is 0. The summed E-state index contributed by atoms with van der Waals surface area (Å²) < 4.78 is 31.8. The van der Waals surface area contributed by atoms with Gasteiger partial charge in [0.25, 0.3) is 0 Å². The molecule has 1 aromatic carbocycles. The van der Waals surface area contributed by atoms with Crippen molar-refractivity contribution in [3.63, 3.8) is 0 Å². The van der Waals surface area contributed by atoms with Gasteiger partial charge in [0.1, 0.15) is 0 Å². The van der Waals surface area contributed by atoms with Gasteiger partial charge in [-0.2, -0.15) is 0 Å². The van der Waals surface area contributed by atoms with E-state index in [2.05, 4.69) is 0 Å². The predicted molar refractivity (Wildman–Crippen MR) is 58.1 cm³/mol. The van der Waals surface area contributed by atoms with Gasteiger partial charge in [-0.05, 0) is 12.1 Å². The number of primary sulfonamides is 1. The predicted octanol–water partition coefficient (Wildman–Crippen LogP) is -0.297. The normalized spacial score (nSPS) is 10.3. The minimum absolute atomic E-state index is 0. The Kier molecular flexibility index (Phi) is 6.34. The molecule has 0 spiro atoms. The van der Waals surface area contributed by atoms with E-state index in [9.17, 15) is 8.42 Å². The maximum atomic E-state index is 11.0. The van der Waals surface area contributed by atoms with E-state index >= 15 is 0 Å². The second kappa shape index (κ2) is 6.19. The third kappa shape index (κ3) is 4.02. The summed E-state index contributed by atoms with van der Waals surface area (Å²) in [4.78, 5) is -0.00449. The van der Waals surface area contributed by atoms with Crippen molar-refractivity contribution in [2.24, 2.45) is 5.14 Å². The number of hydrogen-bond acceptors (Lipinski definition) is 4. The van der Waals surface area contributed by atoms with Crippen molar-refractivity contribution >= 4 is 61.4 Å². The molecule has 15 heavy (non-hydrogen) atoms. The molecule has 0 radical (unpaired) electrons. The van der Waals surface area contributed by atoms with Crippen LogP contribution in [0.2, 0.25) is 0 Å². The molecule has 0 heterocycles. The summed E-state index contributed by atoms with van der Waals surface area (Å²) in [5, 5.41) is 4.95. The minimum atomic E-state index is -3.70. The van der Waals surface area contributed by atoms with E-state index in [1.807, 2.05) is 0 Å². The SMILES string of the molecule is COc1ccc(S(N)(=O)=O)cc1OC.[KH]. The average molecular weight is 257 g/mol. The Bertz CT molecular complexity index is 432. The molecular formula is C8H12KNO4S. The van der Waals surface area contributed by atoms with Crippen LogP contribution >= 0.6 is 0 Å². The number of benzene rings is 1. The molecule has 0 fully saturated rings. The van der Waals surface area contributed by atoms with Crippen LogP contribution in [0.4, 0.5) is 0 Å². The summed E-state index contributed by atoms with van der Waals surface area (Å²) in [5.74, 6) is 0.791. The molecule has 0 aliphatic heterocycles. The van der Waals surface area contributed by atoms with Crippen molar-refractivity contribution in [2.75, 3.05) is 14.2 Å². The van der Waals surface area contributed by atoms with Gasteiger partial charge in [0.05, 0.1) is 19.1 Å². The molecule has 0 aromatic heterocycles. The summed E-state index contributed by atoms with van der Waals surface area (Å²) in [6.45, 7) is 0. The number of nitrogens with two attached hydrogens (primary N) is 1. The van der Waals surface area contributed by atoms with Crippen LogP contribution in [0.5, 0.6) is 11.5 Å². The Morgan fingerprint density at radius 3 is 2.07 bits per heavy atom. The maximum absolute atomic E-state index is 11.0. The average Bonchev–Trinajstić information content (AvgIpc) is 2.15. The molecule has 0 amide bonds. The van der Waals surface area contributed by atoms with Crippen molar-refractivity contribution < 1.29 is 17.9 Å². The van der Waals surface area contributed by atoms with Gasteiger partial charge in [0.15, 0.2) is 11.5 Å². The van der Waals surface area contributed by atoms with Crippen LogP contribution in [0.25, 0.3) is 0 Å². The van der Waals surface area contributed by atoms with E-state index in [1.54, 1.807) is 0 Å². The number of methoxy groups -OCH3 is 2. The topological polar surface area (TPSA) is 78.6 Å². The van der Waals surface area contributed by atoms with Gasteiger partial charge >= 0.3 is 51.4 Å². The summed E-state index contributed by atoms with van der Waals surface area (Å²) >= 11 is 0. The molecule has 7 heteroatoms. The van der Waals surface area contributed by atoms with Gasteiger partial charge in [0.2, 0.25) is 10.0 Å². The van der Waals surface area contributed by atoms with Crippen molar-refractivity contribution in [1.29, 1.82) is 0 Å². The molecule has 0 saturated heterocycles. The van der Waals surface area contributed by atoms with E-state index in [4.69, 9.17) is 14.6 Å². The van der Waals surface area contributed by atoms with Crippen molar-refractivity contribution in [3.8, 4) is 11.5 Å². The first-order valence-electron chi connectivity index (χ1n) is 3.74. The molecule has 1 rings (SSSR count). The van der Waals surface area contributed by atoms with Gasteiger partial charge in [-0.3, -0.25) is 0 Å². The first kappa shape index (κ1) is 15.4. The van der Waals surface area contributed by atoms with Crippen molar-refractivity contribution in [3.05, 3.63) is 18.2 Å². The van der Waals surface area contributed by atoms with Crippen LogP contribution in [0.3, 0.4) is 0 Å². The number of hydrogen-bond donors (Lipinski definition) is 1. The Morgan fingerprint density at radius 2 is 1.67 bits per heavy atom. The molecule has 5 nitrogen and oxygen atoms in total. The van der Waals surface area contributed by atoms with Crippen LogP contribution in [0.1, 0.15) is 0 Å². The van der Waals surface area contributed by atoms with E-state index in [0.29, 0.717) is 11.5 Å². The quantitative estimate of drug-likeness (QED) is 0.754. The molecule has 0 aliphatic rings.